The molecule has 3 aliphatic heterocycles. The predicted molar refractivity (Wildman–Crippen MR) is 102 cm³/mol. The summed E-state index contributed by atoms with van der Waals surface area (Å²) in [6.45, 7) is 3.14. The molecule has 28 heavy (non-hydrogen) atoms. The number of aryl methyl sites for hydroxylation is 1. The van der Waals surface area contributed by atoms with Crippen LogP contribution in [0.15, 0.2) is 42.6 Å². The summed E-state index contributed by atoms with van der Waals surface area (Å²) in [6.07, 6.45) is 1.68. The zero-order valence-corrected chi connectivity index (χ0v) is 15.5. The minimum atomic E-state index is -0.588. The fourth-order valence-electron chi connectivity index (χ4n) is 4.62. The number of piperazine rings is 1. The highest BCUT2D eigenvalue weighted by atomic mass is 16.2. The number of nitrogens with zero attached hydrogens (tertiary/aromatic N) is 3. The molecular formula is C21H20N4O3. The molecule has 7 nitrogen and oxygen atoms in total. The van der Waals surface area contributed by atoms with Crippen LogP contribution in [0.2, 0.25) is 0 Å². The molecule has 2 saturated heterocycles. The van der Waals surface area contributed by atoms with Crippen molar-refractivity contribution in [3.63, 3.8) is 0 Å². The van der Waals surface area contributed by atoms with E-state index in [1.807, 2.05) is 31.2 Å². The van der Waals surface area contributed by atoms with Gasteiger partial charge in [-0.15, -0.1) is 0 Å². The van der Waals surface area contributed by atoms with Gasteiger partial charge in [0.15, 0.2) is 0 Å². The topological polar surface area (TPSA) is 82.6 Å². The first-order valence-corrected chi connectivity index (χ1v) is 9.47. The largest absolute Gasteiger partial charge is 0.377 e. The molecule has 3 atom stereocenters. The standard InChI is InChI=1S/C21H20N4O3/c1-12-7-8-22-18-15-17(23-16(12)18)14-11-24(9-10-25(14)21(28)19(15)26)20(27)13-5-3-2-4-6-13/h2-8,14-15,17,23H,9-11H2,1H3/t14-,15?,17?/m0/s1. The van der Waals surface area contributed by atoms with E-state index in [9.17, 15) is 14.4 Å². The quantitative estimate of drug-likeness (QED) is 0.757. The van der Waals surface area contributed by atoms with E-state index in [1.54, 1.807) is 28.1 Å². The van der Waals surface area contributed by atoms with Crippen LogP contribution in [-0.4, -0.2) is 64.1 Å². The Kier molecular flexibility index (Phi) is 3.72. The van der Waals surface area contributed by atoms with Gasteiger partial charge in [0, 0.05) is 31.4 Å². The lowest BCUT2D eigenvalue weighted by atomic mass is 9.83. The van der Waals surface area contributed by atoms with E-state index in [4.69, 9.17) is 0 Å². The smallest absolute Gasteiger partial charge is 0.291 e. The average molecular weight is 376 g/mol. The lowest BCUT2D eigenvalue weighted by Gasteiger charge is -2.47. The normalized spacial score (nSPS) is 25.7. The maximum Gasteiger partial charge on any atom is 0.291 e. The second-order valence-corrected chi connectivity index (χ2v) is 7.58. The van der Waals surface area contributed by atoms with E-state index in [0.717, 1.165) is 11.3 Å². The summed E-state index contributed by atoms with van der Waals surface area (Å²) in [4.78, 5) is 46.3. The third-order valence-corrected chi connectivity index (χ3v) is 6.05. The zero-order valence-electron chi connectivity index (χ0n) is 15.5. The summed E-state index contributed by atoms with van der Waals surface area (Å²) in [7, 11) is 0. The maximum atomic E-state index is 12.9. The van der Waals surface area contributed by atoms with Crippen LogP contribution >= 0.6 is 0 Å². The van der Waals surface area contributed by atoms with Crippen LogP contribution in [0.5, 0.6) is 0 Å². The van der Waals surface area contributed by atoms with Crippen molar-refractivity contribution in [2.45, 2.75) is 24.9 Å². The number of pyridine rings is 1. The van der Waals surface area contributed by atoms with Crippen molar-refractivity contribution in [3.05, 3.63) is 59.4 Å². The Morgan fingerprint density at radius 2 is 1.93 bits per heavy atom. The van der Waals surface area contributed by atoms with Gasteiger partial charge in [-0.1, -0.05) is 18.2 Å². The predicted octanol–water partition coefficient (Wildman–Crippen LogP) is 1.20. The monoisotopic (exact) mass is 376 g/mol. The van der Waals surface area contributed by atoms with Crippen LogP contribution in [0.4, 0.5) is 5.69 Å². The summed E-state index contributed by atoms with van der Waals surface area (Å²) >= 11 is 0. The fraction of sp³-hybridized carbons (Fsp3) is 0.333. The van der Waals surface area contributed by atoms with Gasteiger partial charge < -0.3 is 15.1 Å². The van der Waals surface area contributed by atoms with Gasteiger partial charge in [-0.25, -0.2) is 0 Å². The molecule has 1 aromatic heterocycles. The van der Waals surface area contributed by atoms with Gasteiger partial charge in [-0.05, 0) is 30.7 Å². The number of ketones is 1. The first-order valence-electron chi connectivity index (χ1n) is 9.47. The van der Waals surface area contributed by atoms with E-state index in [0.29, 0.717) is 30.9 Å². The average Bonchev–Trinajstić information content (AvgIpc) is 3.13. The lowest BCUT2D eigenvalue weighted by molar-refractivity contribution is -0.153. The van der Waals surface area contributed by atoms with Crippen LogP contribution in [0.3, 0.4) is 0 Å². The molecule has 0 bridgehead atoms. The first-order chi connectivity index (χ1) is 13.6. The van der Waals surface area contributed by atoms with Gasteiger partial charge in [0.05, 0.1) is 29.4 Å². The molecule has 2 aromatic rings. The van der Waals surface area contributed by atoms with Crippen LogP contribution < -0.4 is 5.32 Å². The number of carbonyl (C=O) groups is 3. The minimum Gasteiger partial charge on any atom is -0.377 e. The number of hydrogen-bond acceptors (Lipinski definition) is 5. The van der Waals surface area contributed by atoms with Gasteiger partial charge in [0.25, 0.3) is 11.8 Å². The Balaban J connectivity index is 1.47. The molecule has 0 aliphatic carbocycles. The molecule has 4 heterocycles. The summed E-state index contributed by atoms with van der Waals surface area (Å²) in [5.41, 5.74) is 3.12. The van der Waals surface area contributed by atoms with Crippen molar-refractivity contribution in [2.75, 3.05) is 25.0 Å². The van der Waals surface area contributed by atoms with Crippen molar-refractivity contribution in [1.29, 1.82) is 0 Å². The Morgan fingerprint density at radius 1 is 1.14 bits per heavy atom. The molecular weight excluding hydrogens is 356 g/mol. The summed E-state index contributed by atoms with van der Waals surface area (Å²) in [6, 6.07) is 10.5. The molecule has 0 radical (unpaired) electrons. The number of anilines is 1. The number of carbonyl (C=O) groups excluding carboxylic acids is 3. The molecule has 7 heteroatoms. The highest BCUT2D eigenvalue weighted by Crippen LogP contribution is 2.42. The van der Waals surface area contributed by atoms with Crippen molar-refractivity contribution in [1.82, 2.24) is 14.8 Å². The van der Waals surface area contributed by atoms with Gasteiger partial charge >= 0.3 is 0 Å². The van der Waals surface area contributed by atoms with Gasteiger partial charge in [0.1, 0.15) is 0 Å². The molecule has 142 valence electrons. The molecule has 1 aromatic carbocycles. The number of amides is 2. The Hall–Kier alpha value is -3.22. The van der Waals surface area contributed by atoms with Crippen molar-refractivity contribution in [3.8, 4) is 0 Å². The van der Waals surface area contributed by atoms with Crippen molar-refractivity contribution in [2.24, 2.45) is 0 Å². The molecule has 2 fully saturated rings. The van der Waals surface area contributed by atoms with Gasteiger partial charge in [-0.2, -0.15) is 0 Å². The van der Waals surface area contributed by atoms with E-state index < -0.39 is 17.6 Å². The second-order valence-electron chi connectivity index (χ2n) is 7.58. The highest BCUT2D eigenvalue weighted by Gasteiger charge is 2.54. The minimum absolute atomic E-state index is 0.0500. The number of aromatic nitrogens is 1. The summed E-state index contributed by atoms with van der Waals surface area (Å²) < 4.78 is 0. The third-order valence-electron chi connectivity index (χ3n) is 6.05. The number of rotatable bonds is 1. The summed E-state index contributed by atoms with van der Waals surface area (Å²) in [5.74, 6) is -1.51. The molecule has 3 aliphatic rings. The highest BCUT2D eigenvalue weighted by molar-refractivity contribution is 6.39. The van der Waals surface area contributed by atoms with Crippen molar-refractivity contribution < 1.29 is 14.4 Å². The van der Waals surface area contributed by atoms with Crippen LogP contribution in [-0.2, 0) is 9.59 Å². The number of piperidine rings is 1. The number of nitrogens with one attached hydrogen (secondary N) is 1. The van der Waals surface area contributed by atoms with E-state index in [-0.39, 0.29) is 18.0 Å². The third kappa shape index (κ3) is 2.35. The number of benzene rings is 1. The zero-order chi connectivity index (χ0) is 19.4. The molecule has 1 N–H and O–H groups in total. The van der Waals surface area contributed by atoms with Crippen LogP contribution in [0, 0.1) is 6.92 Å². The Labute approximate surface area is 162 Å². The fourth-order valence-corrected chi connectivity index (χ4v) is 4.62. The molecule has 0 saturated carbocycles. The number of fused-ring (bicyclic) bond motifs is 5. The molecule has 2 amide bonds. The molecule has 2 unspecified atom stereocenters. The van der Waals surface area contributed by atoms with E-state index in [2.05, 4.69) is 10.3 Å². The SMILES string of the molecule is Cc1ccnc2c1NC1C2C(=O)C(=O)N2CCN(C(=O)c3ccccc3)C[C@@H]12. The summed E-state index contributed by atoms with van der Waals surface area (Å²) in [5, 5.41) is 3.44. The second kappa shape index (κ2) is 6.15. The van der Waals surface area contributed by atoms with Gasteiger partial charge in [0.2, 0.25) is 5.78 Å². The van der Waals surface area contributed by atoms with E-state index >= 15 is 0 Å². The number of hydrogen-bond donors (Lipinski definition) is 1. The van der Waals surface area contributed by atoms with Gasteiger partial charge in [-0.3, -0.25) is 19.4 Å². The number of Topliss-reactive ketones (excluding diaryl/α,β-unsaturated/α-hetero) is 1. The Morgan fingerprint density at radius 3 is 2.71 bits per heavy atom. The first kappa shape index (κ1) is 16.9. The van der Waals surface area contributed by atoms with Crippen LogP contribution in [0.25, 0.3) is 0 Å². The Bertz CT molecular complexity index is 990. The van der Waals surface area contributed by atoms with Crippen LogP contribution in [0.1, 0.15) is 27.5 Å². The lowest BCUT2D eigenvalue weighted by Crippen LogP contribution is -2.67. The van der Waals surface area contributed by atoms with E-state index in [1.165, 1.54) is 0 Å². The van der Waals surface area contributed by atoms with Crippen molar-refractivity contribution >= 4 is 23.3 Å². The molecule has 0 spiro atoms. The molecule has 5 rings (SSSR count). The maximum absolute atomic E-state index is 12.9.